The molecule has 0 aliphatic carbocycles. The van der Waals surface area contributed by atoms with Crippen molar-refractivity contribution in [2.45, 2.75) is 32.9 Å². The fourth-order valence-electron chi connectivity index (χ4n) is 2.06. The molecule has 0 amide bonds. The minimum atomic E-state index is -0.752. The Balaban J connectivity index is 2.73. The number of carboxylic acid groups (broad SMARTS) is 1. The molecule has 3 N–H and O–H groups in total. The monoisotopic (exact) mass is 264 g/mol. The van der Waals surface area contributed by atoms with Crippen molar-refractivity contribution < 1.29 is 9.90 Å². The van der Waals surface area contributed by atoms with E-state index < -0.39 is 5.97 Å². The van der Waals surface area contributed by atoms with Crippen LogP contribution in [0.25, 0.3) is 0 Å². The fraction of sp³-hybridized carbons (Fsp3) is 0.533. The third kappa shape index (κ3) is 5.01. The molecular formula is C15H24N2O2. The van der Waals surface area contributed by atoms with E-state index in [1.807, 2.05) is 25.1 Å². The van der Waals surface area contributed by atoms with Crippen LogP contribution in [0.2, 0.25) is 0 Å². The summed E-state index contributed by atoms with van der Waals surface area (Å²) in [5, 5.41) is 9.14. The maximum atomic E-state index is 11.1. The normalized spacial score (nSPS) is 14.3. The lowest BCUT2D eigenvalue weighted by Gasteiger charge is -2.31. The van der Waals surface area contributed by atoms with Gasteiger partial charge in [-0.25, -0.2) is 0 Å². The van der Waals surface area contributed by atoms with Gasteiger partial charge in [0, 0.05) is 12.6 Å². The molecule has 2 unspecified atom stereocenters. The van der Waals surface area contributed by atoms with Gasteiger partial charge in [-0.3, -0.25) is 9.69 Å². The molecule has 1 rings (SSSR count). The van der Waals surface area contributed by atoms with Gasteiger partial charge in [0.05, 0.1) is 5.92 Å². The zero-order valence-electron chi connectivity index (χ0n) is 11.7. The Morgan fingerprint density at radius 1 is 1.32 bits per heavy atom. The Bertz CT molecular complexity index is 381. The number of aliphatic carboxylic acids is 1. The molecule has 0 saturated carbocycles. The number of nitrogens with two attached hydrogens (primary N) is 1. The van der Waals surface area contributed by atoms with E-state index in [0.717, 1.165) is 19.5 Å². The van der Waals surface area contributed by atoms with Gasteiger partial charge in [-0.1, -0.05) is 37.3 Å². The summed E-state index contributed by atoms with van der Waals surface area (Å²) in [6.07, 6.45) is 0.878. The first-order valence-corrected chi connectivity index (χ1v) is 6.77. The zero-order valence-corrected chi connectivity index (χ0v) is 11.7. The van der Waals surface area contributed by atoms with Gasteiger partial charge < -0.3 is 10.8 Å². The van der Waals surface area contributed by atoms with Crippen molar-refractivity contribution in [1.29, 1.82) is 0 Å². The molecule has 0 aliphatic heterocycles. The van der Waals surface area contributed by atoms with E-state index in [-0.39, 0.29) is 12.0 Å². The predicted octanol–water partition coefficient (Wildman–Crippen LogP) is 1.95. The van der Waals surface area contributed by atoms with Gasteiger partial charge in [0.1, 0.15) is 0 Å². The topological polar surface area (TPSA) is 66.6 Å². The first kappa shape index (κ1) is 15.7. The highest BCUT2D eigenvalue weighted by Gasteiger charge is 2.24. The molecule has 1 aromatic carbocycles. The standard InChI is InChI=1S/C15H24N2O2/c1-12(15(18)19)13(2)17(10-6-9-16)11-14-7-4-3-5-8-14/h3-5,7-8,12-13H,6,9-11,16H2,1-2H3,(H,18,19). The fourth-order valence-corrected chi connectivity index (χ4v) is 2.06. The molecule has 0 radical (unpaired) electrons. The predicted molar refractivity (Wildman–Crippen MR) is 76.8 cm³/mol. The molecule has 0 spiro atoms. The average molecular weight is 264 g/mol. The van der Waals surface area contributed by atoms with Crippen molar-refractivity contribution in [3.8, 4) is 0 Å². The van der Waals surface area contributed by atoms with E-state index in [1.165, 1.54) is 5.56 Å². The third-order valence-electron chi connectivity index (χ3n) is 3.57. The third-order valence-corrected chi connectivity index (χ3v) is 3.57. The van der Waals surface area contributed by atoms with Crippen LogP contribution in [0.1, 0.15) is 25.8 Å². The second-order valence-corrected chi connectivity index (χ2v) is 4.97. The van der Waals surface area contributed by atoms with E-state index in [9.17, 15) is 4.79 Å². The van der Waals surface area contributed by atoms with Gasteiger partial charge >= 0.3 is 5.97 Å². The molecule has 0 saturated heterocycles. The largest absolute Gasteiger partial charge is 0.481 e. The number of carboxylic acids is 1. The Morgan fingerprint density at radius 2 is 1.95 bits per heavy atom. The van der Waals surface area contributed by atoms with Crippen LogP contribution in [0.5, 0.6) is 0 Å². The minimum absolute atomic E-state index is 0.00995. The lowest BCUT2D eigenvalue weighted by atomic mass is 10.0. The summed E-state index contributed by atoms with van der Waals surface area (Å²) in [6.45, 7) is 5.94. The van der Waals surface area contributed by atoms with Gasteiger partial charge in [-0.15, -0.1) is 0 Å². The van der Waals surface area contributed by atoms with E-state index in [1.54, 1.807) is 6.92 Å². The van der Waals surface area contributed by atoms with E-state index >= 15 is 0 Å². The lowest BCUT2D eigenvalue weighted by molar-refractivity contribution is -0.143. The maximum absolute atomic E-state index is 11.1. The van der Waals surface area contributed by atoms with Crippen LogP contribution in [0, 0.1) is 5.92 Å². The smallest absolute Gasteiger partial charge is 0.307 e. The lowest BCUT2D eigenvalue weighted by Crippen LogP contribution is -2.41. The van der Waals surface area contributed by atoms with Crippen LogP contribution in [0.3, 0.4) is 0 Å². The molecule has 0 fully saturated rings. The van der Waals surface area contributed by atoms with Gasteiger partial charge in [0.15, 0.2) is 0 Å². The minimum Gasteiger partial charge on any atom is -0.481 e. The summed E-state index contributed by atoms with van der Waals surface area (Å²) >= 11 is 0. The molecule has 0 aromatic heterocycles. The quantitative estimate of drug-likeness (QED) is 0.753. The Morgan fingerprint density at radius 3 is 2.47 bits per heavy atom. The molecular weight excluding hydrogens is 240 g/mol. The summed E-state index contributed by atoms with van der Waals surface area (Å²) in [6, 6.07) is 10.1. The highest BCUT2D eigenvalue weighted by molar-refractivity contribution is 5.70. The summed E-state index contributed by atoms with van der Waals surface area (Å²) < 4.78 is 0. The van der Waals surface area contributed by atoms with Crippen LogP contribution >= 0.6 is 0 Å². The number of carbonyl (C=O) groups is 1. The van der Waals surface area contributed by atoms with Crippen LogP contribution < -0.4 is 5.73 Å². The van der Waals surface area contributed by atoms with Crippen molar-refractivity contribution in [2.24, 2.45) is 11.7 Å². The Hall–Kier alpha value is -1.39. The Kier molecular flexibility index (Phi) is 6.53. The summed E-state index contributed by atoms with van der Waals surface area (Å²) in [4.78, 5) is 13.3. The number of hydrogen-bond donors (Lipinski definition) is 2. The van der Waals surface area contributed by atoms with Crippen LogP contribution in [0.4, 0.5) is 0 Å². The van der Waals surface area contributed by atoms with Crippen molar-refractivity contribution in [3.05, 3.63) is 35.9 Å². The van der Waals surface area contributed by atoms with Crippen LogP contribution in [0.15, 0.2) is 30.3 Å². The zero-order chi connectivity index (χ0) is 14.3. The second kappa shape index (κ2) is 7.92. The Labute approximate surface area is 115 Å². The van der Waals surface area contributed by atoms with Crippen molar-refractivity contribution in [1.82, 2.24) is 4.90 Å². The molecule has 19 heavy (non-hydrogen) atoms. The van der Waals surface area contributed by atoms with Crippen molar-refractivity contribution >= 4 is 5.97 Å². The highest BCUT2D eigenvalue weighted by atomic mass is 16.4. The maximum Gasteiger partial charge on any atom is 0.307 e. The molecule has 106 valence electrons. The van der Waals surface area contributed by atoms with E-state index in [0.29, 0.717) is 6.54 Å². The van der Waals surface area contributed by atoms with Gasteiger partial charge in [-0.2, -0.15) is 0 Å². The van der Waals surface area contributed by atoms with Crippen molar-refractivity contribution in [2.75, 3.05) is 13.1 Å². The highest BCUT2D eigenvalue weighted by Crippen LogP contribution is 2.15. The van der Waals surface area contributed by atoms with E-state index in [2.05, 4.69) is 17.0 Å². The number of hydrogen-bond acceptors (Lipinski definition) is 3. The molecule has 4 nitrogen and oxygen atoms in total. The molecule has 0 heterocycles. The van der Waals surface area contributed by atoms with Crippen molar-refractivity contribution in [3.63, 3.8) is 0 Å². The van der Waals surface area contributed by atoms with Crippen LogP contribution in [-0.2, 0) is 11.3 Å². The number of benzene rings is 1. The molecule has 0 aliphatic rings. The van der Waals surface area contributed by atoms with Gasteiger partial charge in [-0.05, 0) is 32.0 Å². The van der Waals surface area contributed by atoms with Gasteiger partial charge in [0.25, 0.3) is 0 Å². The first-order chi connectivity index (χ1) is 9.06. The van der Waals surface area contributed by atoms with Crippen LogP contribution in [-0.4, -0.2) is 35.1 Å². The molecule has 2 atom stereocenters. The van der Waals surface area contributed by atoms with E-state index in [4.69, 9.17) is 10.8 Å². The summed E-state index contributed by atoms with van der Waals surface area (Å²) in [5.41, 5.74) is 6.76. The number of rotatable bonds is 8. The molecule has 4 heteroatoms. The molecule has 0 bridgehead atoms. The molecule has 1 aromatic rings. The first-order valence-electron chi connectivity index (χ1n) is 6.77. The number of nitrogens with zero attached hydrogens (tertiary/aromatic N) is 1. The average Bonchev–Trinajstić information content (AvgIpc) is 2.42. The SMILES string of the molecule is CC(C(=O)O)C(C)N(CCCN)Cc1ccccc1. The summed E-state index contributed by atoms with van der Waals surface area (Å²) in [7, 11) is 0. The van der Waals surface area contributed by atoms with Gasteiger partial charge in [0.2, 0.25) is 0 Å². The second-order valence-electron chi connectivity index (χ2n) is 4.97. The summed E-state index contributed by atoms with van der Waals surface area (Å²) in [5.74, 6) is -1.14.